The molecule has 0 bridgehead atoms. The van der Waals surface area contributed by atoms with Crippen LogP contribution in [0.2, 0.25) is 5.02 Å². The number of benzene rings is 2. The van der Waals surface area contributed by atoms with Crippen molar-refractivity contribution in [3.05, 3.63) is 59.1 Å². The molecule has 2 amide bonds. The number of carbonyl (C=O) groups excluding carboxylic acids is 2. The van der Waals surface area contributed by atoms with Gasteiger partial charge in [-0.05, 0) is 55.8 Å². The molecule has 0 aromatic heterocycles. The highest BCUT2D eigenvalue weighted by Crippen LogP contribution is 2.18. The highest BCUT2D eigenvalue weighted by Gasteiger charge is 2.15. The highest BCUT2D eigenvalue weighted by molar-refractivity contribution is 6.30. The Bertz CT molecular complexity index is 732. The molecule has 0 aliphatic carbocycles. The van der Waals surface area contributed by atoms with Crippen LogP contribution in [0.15, 0.2) is 48.5 Å². The summed E-state index contributed by atoms with van der Waals surface area (Å²) in [4.78, 5) is 23.9. The van der Waals surface area contributed by atoms with Crippen LogP contribution in [0.3, 0.4) is 0 Å². The molecular weight excluding hydrogens is 356 g/mol. The molecular formula is C19H21ClN2O4. The summed E-state index contributed by atoms with van der Waals surface area (Å²) in [6.07, 6.45) is -0.644. The molecule has 0 saturated heterocycles. The van der Waals surface area contributed by atoms with Gasteiger partial charge >= 0.3 is 0 Å². The van der Waals surface area contributed by atoms with E-state index in [-0.39, 0.29) is 12.3 Å². The number of carbonyl (C=O) groups is 2. The smallest absolute Gasteiger partial charge is 0.279 e. The third kappa shape index (κ3) is 6.29. The standard InChI is InChI=1S/C19H21ClN2O4/c1-3-25-16-8-10-17(11-9-16)26-13(2)19(24)22-21-18(23)12-14-4-6-15(20)7-5-14/h4-11,13H,3,12H2,1-2H3,(H,21,23)(H,22,24)/t13-/m0/s1. The molecule has 0 unspecified atom stereocenters. The Kier molecular flexibility index (Phi) is 7.29. The van der Waals surface area contributed by atoms with Crippen molar-refractivity contribution in [2.75, 3.05) is 6.61 Å². The van der Waals surface area contributed by atoms with E-state index in [1.807, 2.05) is 6.92 Å². The van der Waals surface area contributed by atoms with Crippen molar-refractivity contribution in [2.24, 2.45) is 0 Å². The zero-order valence-corrected chi connectivity index (χ0v) is 15.4. The van der Waals surface area contributed by atoms with Crippen LogP contribution in [-0.4, -0.2) is 24.5 Å². The molecule has 1 atom stereocenters. The fourth-order valence-electron chi connectivity index (χ4n) is 2.10. The quantitative estimate of drug-likeness (QED) is 0.728. The van der Waals surface area contributed by atoms with Crippen molar-refractivity contribution in [3.8, 4) is 11.5 Å². The fourth-order valence-corrected chi connectivity index (χ4v) is 2.23. The van der Waals surface area contributed by atoms with Crippen molar-refractivity contribution < 1.29 is 19.1 Å². The fraction of sp³-hybridized carbons (Fsp3) is 0.263. The Morgan fingerprint density at radius 2 is 1.62 bits per heavy atom. The predicted octanol–water partition coefficient (Wildman–Crippen LogP) is 2.90. The number of ether oxygens (including phenoxy) is 2. The summed E-state index contributed by atoms with van der Waals surface area (Å²) in [5, 5.41) is 0.600. The summed E-state index contributed by atoms with van der Waals surface area (Å²) in [6, 6.07) is 13.9. The second kappa shape index (κ2) is 9.68. The third-order valence-corrected chi connectivity index (χ3v) is 3.67. The molecule has 2 aromatic rings. The molecule has 2 aromatic carbocycles. The Morgan fingerprint density at radius 1 is 1.00 bits per heavy atom. The zero-order chi connectivity index (χ0) is 18.9. The topological polar surface area (TPSA) is 76.7 Å². The summed E-state index contributed by atoms with van der Waals surface area (Å²) in [5.74, 6) is 0.465. The average Bonchev–Trinajstić information content (AvgIpc) is 2.63. The summed E-state index contributed by atoms with van der Waals surface area (Å²) >= 11 is 5.80. The molecule has 0 saturated carbocycles. The highest BCUT2D eigenvalue weighted by atomic mass is 35.5. The molecule has 0 spiro atoms. The van der Waals surface area contributed by atoms with Gasteiger partial charge in [-0.25, -0.2) is 0 Å². The lowest BCUT2D eigenvalue weighted by atomic mass is 10.1. The number of hydrogen-bond acceptors (Lipinski definition) is 4. The van der Waals surface area contributed by atoms with Crippen molar-refractivity contribution in [3.63, 3.8) is 0 Å². The van der Waals surface area contributed by atoms with E-state index in [2.05, 4.69) is 10.9 Å². The minimum absolute atomic E-state index is 0.131. The first-order valence-electron chi connectivity index (χ1n) is 8.20. The Hall–Kier alpha value is -2.73. The number of hydrazine groups is 1. The van der Waals surface area contributed by atoms with Crippen LogP contribution < -0.4 is 20.3 Å². The summed E-state index contributed by atoms with van der Waals surface area (Å²) in [6.45, 7) is 4.07. The van der Waals surface area contributed by atoms with E-state index in [9.17, 15) is 9.59 Å². The van der Waals surface area contributed by atoms with E-state index in [0.717, 1.165) is 11.3 Å². The van der Waals surface area contributed by atoms with Gasteiger partial charge in [0.15, 0.2) is 6.10 Å². The summed E-state index contributed by atoms with van der Waals surface area (Å²) < 4.78 is 10.9. The molecule has 138 valence electrons. The number of nitrogens with one attached hydrogen (secondary N) is 2. The molecule has 0 fully saturated rings. The van der Waals surface area contributed by atoms with E-state index < -0.39 is 12.0 Å². The first-order chi connectivity index (χ1) is 12.5. The van der Waals surface area contributed by atoms with Crippen molar-refractivity contribution >= 4 is 23.4 Å². The lowest BCUT2D eigenvalue weighted by Gasteiger charge is -2.15. The maximum atomic E-state index is 12.0. The van der Waals surface area contributed by atoms with Crippen molar-refractivity contribution in [1.82, 2.24) is 10.9 Å². The van der Waals surface area contributed by atoms with E-state index >= 15 is 0 Å². The number of halogens is 1. The Labute approximate surface area is 157 Å². The number of rotatable bonds is 7. The molecule has 2 N–H and O–H groups in total. The van der Waals surface area contributed by atoms with E-state index in [4.69, 9.17) is 21.1 Å². The normalized spacial score (nSPS) is 11.3. The molecule has 0 radical (unpaired) electrons. The second-order valence-electron chi connectivity index (χ2n) is 5.51. The lowest BCUT2D eigenvalue weighted by Crippen LogP contribution is -2.47. The molecule has 0 aliphatic heterocycles. The van der Waals surface area contributed by atoms with Gasteiger partial charge in [-0.3, -0.25) is 20.4 Å². The number of amides is 2. The lowest BCUT2D eigenvalue weighted by molar-refractivity contribution is -0.132. The van der Waals surface area contributed by atoms with Gasteiger partial charge in [-0.1, -0.05) is 23.7 Å². The van der Waals surface area contributed by atoms with Gasteiger partial charge in [-0.2, -0.15) is 0 Å². The first kappa shape index (κ1) is 19.6. The van der Waals surface area contributed by atoms with E-state index in [0.29, 0.717) is 17.4 Å². The van der Waals surface area contributed by atoms with Gasteiger partial charge in [0, 0.05) is 5.02 Å². The minimum Gasteiger partial charge on any atom is -0.494 e. The molecule has 0 aliphatic rings. The van der Waals surface area contributed by atoms with Gasteiger partial charge < -0.3 is 9.47 Å². The first-order valence-corrected chi connectivity index (χ1v) is 8.58. The molecule has 6 nitrogen and oxygen atoms in total. The van der Waals surface area contributed by atoms with Gasteiger partial charge in [0.05, 0.1) is 13.0 Å². The number of hydrogen-bond donors (Lipinski definition) is 2. The van der Waals surface area contributed by atoms with Crippen LogP contribution in [-0.2, 0) is 16.0 Å². The average molecular weight is 377 g/mol. The molecule has 7 heteroatoms. The maximum absolute atomic E-state index is 12.0. The van der Waals surface area contributed by atoms with Crippen molar-refractivity contribution in [1.29, 1.82) is 0 Å². The van der Waals surface area contributed by atoms with Crippen LogP contribution in [0.5, 0.6) is 11.5 Å². The monoisotopic (exact) mass is 376 g/mol. The SMILES string of the molecule is CCOc1ccc(O[C@@H](C)C(=O)NNC(=O)Cc2ccc(Cl)cc2)cc1. The van der Waals surface area contributed by atoms with E-state index in [1.165, 1.54) is 0 Å². The zero-order valence-electron chi connectivity index (χ0n) is 14.6. The predicted molar refractivity (Wildman–Crippen MR) is 99.1 cm³/mol. The minimum atomic E-state index is -0.774. The summed E-state index contributed by atoms with van der Waals surface area (Å²) in [7, 11) is 0. The molecule has 0 heterocycles. The largest absolute Gasteiger partial charge is 0.494 e. The van der Waals surface area contributed by atoms with Crippen LogP contribution >= 0.6 is 11.6 Å². The van der Waals surface area contributed by atoms with Crippen LogP contribution in [0, 0.1) is 0 Å². The van der Waals surface area contributed by atoms with Crippen molar-refractivity contribution in [2.45, 2.75) is 26.4 Å². The van der Waals surface area contributed by atoms with Gasteiger partial charge in [0.2, 0.25) is 5.91 Å². The van der Waals surface area contributed by atoms with Gasteiger partial charge in [0.1, 0.15) is 11.5 Å². The third-order valence-electron chi connectivity index (χ3n) is 3.42. The van der Waals surface area contributed by atoms with Crippen LogP contribution in [0.25, 0.3) is 0 Å². The maximum Gasteiger partial charge on any atom is 0.279 e. The molecule has 2 rings (SSSR count). The second-order valence-corrected chi connectivity index (χ2v) is 5.94. The Morgan fingerprint density at radius 3 is 2.23 bits per heavy atom. The molecule has 26 heavy (non-hydrogen) atoms. The van der Waals surface area contributed by atoms with E-state index in [1.54, 1.807) is 55.5 Å². The van der Waals surface area contributed by atoms with Crippen LogP contribution in [0.4, 0.5) is 0 Å². The van der Waals surface area contributed by atoms with Gasteiger partial charge in [0.25, 0.3) is 5.91 Å². The Balaban J connectivity index is 1.77. The summed E-state index contributed by atoms with van der Waals surface area (Å²) in [5.41, 5.74) is 5.51. The van der Waals surface area contributed by atoms with Gasteiger partial charge in [-0.15, -0.1) is 0 Å². The van der Waals surface area contributed by atoms with Crippen LogP contribution in [0.1, 0.15) is 19.4 Å².